The molecule has 0 aliphatic carbocycles. The van der Waals surface area contributed by atoms with E-state index in [4.69, 9.17) is 27.7 Å². The molecular formula is C18H12Cl2FN3O2. The molecule has 0 spiro atoms. The van der Waals surface area contributed by atoms with Crippen molar-refractivity contribution in [2.24, 2.45) is 0 Å². The van der Waals surface area contributed by atoms with Crippen molar-refractivity contribution in [1.82, 2.24) is 10.1 Å². The van der Waals surface area contributed by atoms with Crippen molar-refractivity contribution in [3.8, 4) is 11.4 Å². The van der Waals surface area contributed by atoms with Crippen molar-refractivity contribution in [3.05, 3.63) is 64.2 Å². The van der Waals surface area contributed by atoms with Crippen LogP contribution < -0.4 is 4.90 Å². The summed E-state index contributed by atoms with van der Waals surface area (Å²) in [5.74, 6) is -0.400. The number of hydrogen-bond acceptors (Lipinski definition) is 4. The Kier molecular flexibility index (Phi) is 4.38. The van der Waals surface area contributed by atoms with E-state index < -0.39 is 5.82 Å². The lowest BCUT2D eigenvalue weighted by Crippen LogP contribution is -2.25. The Bertz CT molecular complexity index is 992. The van der Waals surface area contributed by atoms with E-state index in [1.165, 1.54) is 17.0 Å². The van der Waals surface area contributed by atoms with Crippen LogP contribution in [0.1, 0.15) is 18.2 Å². The van der Waals surface area contributed by atoms with E-state index in [1.807, 2.05) is 6.07 Å². The summed E-state index contributed by atoms with van der Waals surface area (Å²) in [7, 11) is 0. The van der Waals surface area contributed by atoms with Crippen LogP contribution in [-0.2, 0) is 4.79 Å². The number of hydrogen-bond donors (Lipinski definition) is 0. The highest BCUT2D eigenvalue weighted by molar-refractivity contribution is 6.33. The largest absolute Gasteiger partial charge is 0.339 e. The van der Waals surface area contributed by atoms with Gasteiger partial charge in [0, 0.05) is 23.6 Å². The summed E-state index contributed by atoms with van der Waals surface area (Å²) < 4.78 is 19.5. The zero-order valence-electron chi connectivity index (χ0n) is 13.3. The van der Waals surface area contributed by atoms with E-state index in [0.717, 1.165) is 0 Å². The van der Waals surface area contributed by atoms with Gasteiger partial charge < -0.3 is 9.42 Å². The van der Waals surface area contributed by atoms with Gasteiger partial charge in [-0.25, -0.2) is 4.39 Å². The van der Waals surface area contributed by atoms with Crippen LogP contribution in [0.4, 0.5) is 10.1 Å². The van der Waals surface area contributed by atoms with Gasteiger partial charge in [-0.15, -0.1) is 0 Å². The highest BCUT2D eigenvalue weighted by Gasteiger charge is 2.36. The summed E-state index contributed by atoms with van der Waals surface area (Å²) in [5.41, 5.74) is 0.835. The number of amides is 1. The van der Waals surface area contributed by atoms with Gasteiger partial charge in [-0.2, -0.15) is 4.98 Å². The molecule has 0 radical (unpaired) electrons. The number of carbonyl (C=O) groups is 1. The Balaban J connectivity index is 1.59. The number of aromatic nitrogens is 2. The second kappa shape index (κ2) is 6.70. The molecule has 1 atom stereocenters. The van der Waals surface area contributed by atoms with Crippen LogP contribution in [0.25, 0.3) is 11.4 Å². The predicted octanol–water partition coefficient (Wildman–Crippen LogP) is 4.70. The lowest BCUT2D eigenvalue weighted by molar-refractivity contribution is -0.117. The fourth-order valence-electron chi connectivity index (χ4n) is 2.96. The topological polar surface area (TPSA) is 59.2 Å². The second-order valence-corrected chi connectivity index (χ2v) is 6.78. The molecule has 132 valence electrons. The van der Waals surface area contributed by atoms with E-state index in [1.54, 1.807) is 24.3 Å². The van der Waals surface area contributed by atoms with Crippen molar-refractivity contribution in [3.63, 3.8) is 0 Å². The van der Waals surface area contributed by atoms with E-state index in [2.05, 4.69) is 10.1 Å². The summed E-state index contributed by atoms with van der Waals surface area (Å²) >= 11 is 11.9. The van der Waals surface area contributed by atoms with Gasteiger partial charge in [0.15, 0.2) is 0 Å². The van der Waals surface area contributed by atoms with Crippen LogP contribution in [0, 0.1) is 5.82 Å². The molecule has 1 amide bonds. The van der Waals surface area contributed by atoms with Gasteiger partial charge in [0.05, 0.1) is 16.6 Å². The smallest absolute Gasteiger partial charge is 0.232 e. The summed E-state index contributed by atoms with van der Waals surface area (Å²) in [6, 6.07) is 11.4. The molecule has 2 aromatic carbocycles. The first-order chi connectivity index (χ1) is 12.5. The molecule has 26 heavy (non-hydrogen) atoms. The van der Waals surface area contributed by atoms with Crippen molar-refractivity contribution < 1.29 is 13.7 Å². The average Bonchev–Trinajstić information content (AvgIpc) is 3.22. The third-order valence-electron chi connectivity index (χ3n) is 4.23. The molecular weight excluding hydrogens is 380 g/mol. The molecule has 1 saturated heterocycles. The minimum Gasteiger partial charge on any atom is -0.339 e. The lowest BCUT2D eigenvalue weighted by atomic mass is 10.1. The van der Waals surface area contributed by atoms with Crippen LogP contribution in [0.2, 0.25) is 10.0 Å². The Labute approximate surface area is 158 Å². The molecule has 1 fully saturated rings. The van der Waals surface area contributed by atoms with Gasteiger partial charge in [0.1, 0.15) is 5.82 Å². The van der Waals surface area contributed by atoms with Gasteiger partial charge >= 0.3 is 0 Å². The highest BCUT2D eigenvalue weighted by atomic mass is 35.5. The zero-order chi connectivity index (χ0) is 18.3. The van der Waals surface area contributed by atoms with Gasteiger partial charge in [0.25, 0.3) is 0 Å². The fraction of sp³-hybridized carbons (Fsp3) is 0.167. The van der Waals surface area contributed by atoms with E-state index in [9.17, 15) is 9.18 Å². The quantitative estimate of drug-likeness (QED) is 0.648. The molecule has 0 N–H and O–H groups in total. The number of nitrogens with zero attached hydrogens (tertiary/aromatic N) is 3. The third-order valence-corrected chi connectivity index (χ3v) is 4.80. The van der Waals surface area contributed by atoms with Crippen LogP contribution in [0.15, 0.2) is 47.0 Å². The molecule has 3 aromatic rings. The van der Waals surface area contributed by atoms with Gasteiger partial charge in [-0.1, -0.05) is 40.5 Å². The Morgan fingerprint density at radius 3 is 2.77 bits per heavy atom. The molecule has 1 aliphatic rings. The number of rotatable bonds is 3. The molecule has 1 aromatic heterocycles. The molecule has 4 rings (SSSR count). The fourth-order valence-corrected chi connectivity index (χ4v) is 3.34. The third kappa shape index (κ3) is 3.06. The maximum Gasteiger partial charge on any atom is 0.232 e. The minimum atomic E-state index is -0.547. The number of halogens is 3. The number of anilines is 1. The summed E-state index contributed by atoms with van der Waals surface area (Å²) in [6.07, 6.45) is 0.159. The number of carbonyl (C=O) groups excluding carboxylic acids is 1. The van der Waals surface area contributed by atoms with Gasteiger partial charge in [0.2, 0.25) is 17.6 Å². The molecule has 0 saturated carbocycles. The van der Waals surface area contributed by atoms with Crippen molar-refractivity contribution in [1.29, 1.82) is 0 Å². The molecule has 0 bridgehead atoms. The van der Waals surface area contributed by atoms with Crippen LogP contribution in [0.3, 0.4) is 0 Å². The van der Waals surface area contributed by atoms with Crippen molar-refractivity contribution in [2.45, 2.75) is 12.3 Å². The first-order valence-electron chi connectivity index (χ1n) is 7.87. The molecule has 8 heteroatoms. The minimum absolute atomic E-state index is 0.159. The van der Waals surface area contributed by atoms with Crippen molar-refractivity contribution in [2.75, 3.05) is 11.4 Å². The normalized spacial score (nSPS) is 17.1. The summed E-state index contributed by atoms with van der Waals surface area (Å²) in [5, 5.41) is 4.73. The van der Waals surface area contributed by atoms with E-state index in [-0.39, 0.29) is 35.5 Å². The Morgan fingerprint density at radius 1 is 1.19 bits per heavy atom. The van der Waals surface area contributed by atoms with E-state index >= 15 is 0 Å². The highest BCUT2D eigenvalue weighted by Crippen LogP contribution is 2.34. The Morgan fingerprint density at radius 2 is 2.00 bits per heavy atom. The first-order valence-corrected chi connectivity index (χ1v) is 8.62. The van der Waals surface area contributed by atoms with Crippen LogP contribution in [-0.4, -0.2) is 22.6 Å². The zero-order valence-corrected chi connectivity index (χ0v) is 14.8. The maximum atomic E-state index is 14.1. The van der Waals surface area contributed by atoms with Crippen LogP contribution >= 0.6 is 23.2 Å². The molecule has 5 nitrogen and oxygen atoms in total. The summed E-state index contributed by atoms with van der Waals surface area (Å²) in [6.45, 7) is 0.252. The Hall–Kier alpha value is -2.44. The van der Waals surface area contributed by atoms with Crippen LogP contribution in [0.5, 0.6) is 0 Å². The lowest BCUT2D eigenvalue weighted by Gasteiger charge is -2.16. The second-order valence-electron chi connectivity index (χ2n) is 5.94. The summed E-state index contributed by atoms with van der Waals surface area (Å²) in [4.78, 5) is 18.1. The SMILES string of the molecule is O=C1CC(c2nc(-c3ccccc3Cl)no2)CN1c1ccc(Cl)cc1F. The van der Waals surface area contributed by atoms with Gasteiger partial charge in [-0.3, -0.25) is 4.79 Å². The maximum absolute atomic E-state index is 14.1. The monoisotopic (exact) mass is 391 g/mol. The predicted molar refractivity (Wildman–Crippen MR) is 95.9 cm³/mol. The molecule has 1 unspecified atom stereocenters. The molecule has 2 heterocycles. The average molecular weight is 392 g/mol. The first kappa shape index (κ1) is 17.0. The molecule has 1 aliphatic heterocycles. The van der Waals surface area contributed by atoms with Crippen molar-refractivity contribution >= 4 is 34.8 Å². The van der Waals surface area contributed by atoms with E-state index in [0.29, 0.717) is 22.3 Å². The van der Waals surface area contributed by atoms with Gasteiger partial charge in [-0.05, 0) is 30.3 Å². The number of benzene rings is 2. The standard InChI is InChI=1S/C18H12Cl2FN3O2/c19-11-5-6-15(14(21)8-11)24-9-10(7-16(24)25)18-22-17(23-26-18)12-3-1-2-4-13(12)20/h1-6,8,10H,7,9H2.